The smallest absolute Gasteiger partial charge is 0.343 e. The van der Waals surface area contributed by atoms with Gasteiger partial charge in [-0.05, 0) is 36.2 Å². The summed E-state index contributed by atoms with van der Waals surface area (Å²) in [4.78, 5) is 25.7. The lowest BCUT2D eigenvalue weighted by Crippen LogP contribution is -2.16. The van der Waals surface area contributed by atoms with Crippen molar-refractivity contribution in [2.45, 2.75) is 13.3 Å². The highest BCUT2D eigenvalue weighted by Crippen LogP contribution is 2.35. The zero-order chi connectivity index (χ0) is 20.4. The first-order valence-electron chi connectivity index (χ1n) is 9.10. The molecule has 0 radical (unpaired) electrons. The van der Waals surface area contributed by atoms with Gasteiger partial charge in [-0.1, -0.05) is 66.2 Å². The Morgan fingerprint density at radius 3 is 2.45 bits per heavy atom. The molecule has 1 aromatic heterocycles. The fraction of sp³-hybridized carbons (Fsp3) is 0.0833. The first-order valence-corrected chi connectivity index (χ1v) is 9.48. The molecule has 1 heterocycles. The number of rotatable bonds is 4. The minimum absolute atomic E-state index is 0.138. The van der Waals surface area contributed by atoms with Gasteiger partial charge in [-0.3, -0.25) is 0 Å². The molecule has 4 rings (SSSR count). The largest absolute Gasteiger partial charge is 0.422 e. The Kier molecular flexibility index (Phi) is 5.19. The summed E-state index contributed by atoms with van der Waals surface area (Å²) in [5, 5.41) is 0.745. The van der Waals surface area contributed by atoms with Crippen molar-refractivity contribution in [3.63, 3.8) is 0 Å². The fourth-order valence-electron chi connectivity index (χ4n) is 3.23. The Bertz CT molecular complexity index is 1260. The molecule has 0 aliphatic rings. The molecule has 3 aromatic carbocycles. The van der Waals surface area contributed by atoms with E-state index in [4.69, 9.17) is 20.8 Å². The van der Waals surface area contributed by atoms with Gasteiger partial charge in [-0.15, -0.1) is 0 Å². The Morgan fingerprint density at radius 2 is 1.69 bits per heavy atom. The Morgan fingerprint density at radius 1 is 0.966 bits per heavy atom. The van der Waals surface area contributed by atoms with Crippen molar-refractivity contribution < 1.29 is 13.9 Å². The topological polar surface area (TPSA) is 56.5 Å². The van der Waals surface area contributed by atoms with E-state index in [2.05, 4.69) is 0 Å². The summed E-state index contributed by atoms with van der Waals surface area (Å²) in [6.45, 7) is 1.83. The van der Waals surface area contributed by atoms with Crippen LogP contribution in [0, 0.1) is 6.92 Å². The highest BCUT2D eigenvalue weighted by atomic mass is 35.5. The van der Waals surface area contributed by atoms with Gasteiger partial charge in [-0.25, -0.2) is 9.59 Å². The molecule has 5 heteroatoms. The summed E-state index contributed by atoms with van der Waals surface area (Å²) >= 11 is 6.40. The van der Waals surface area contributed by atoms with Crippen molar-refractivity contribution >= 4 is 28.5 Å². The van der Waals surface area contributed by atoms with Crippen LogP contribution in [0.15, 0.2) is 82.0 Å². The van der Waals surface area contributed by atoms with E-state index in [9.17, 15) is 9.59 Å². The number of fused-ring (bicyclic) bond motifs is 1. The van der Waals surface area contributed by atoms with Gasteiger partial charge >= 0.3 is 11.6 Å². The first-order chi connectivity index (χ1) is 14.0. The van der Waals surface area contributed by atoms with Crippen LogP contribution in [0.2, 0.25) is 5.02 Å². The van der Waals surface area contributed by atoms with Crippen LogP contribution in [-0.4, -0.2) is 5.97 Å². The minimum atomic E-state index is -0.559. The van der Waals surface area contributed by atoms with Gasteiger partial charge in [0.15, 0.2) is 5.75 Å². The van der Waals surface area contributed by atoms with Crippen molar-refractivity contribution in [3.05, 3.63) is 110 Å². The average molecular weight is 405 g/mol. The van der Waals surface area contributed by atoms with Crippen molar-refractivity contribution in [2.24, 2.45) is 0 Å². The molecule has 0 saturated heterocycles. The minimum Gasteiger partial charge on any atom is -0.422 e. The van der Waals surface area contributed by atoms with Crippen molar-refractivity contribution in [1.82, 2.24) is 0 Å². The van der Waals surface area contributed by atoms with Crippen molar-refractivity contribution in [3.8, 4) is 5.75 Å². The number of hydrogen-bond acceptors (Lipinski definition) is 4. The zero-order valence-electron chi connectivity index (χ0n) is 15.6. The molecule has 29 heavy (non-hydrogen) atoms. The van der Waals surface area contributed by atoms with E-state index < -0.39 is 11.6 Å². The highest BCUT2D eigenvalue weighted by molar-refractivity contribution is 6.36. The van der Waals surface area contributed by atoms with Crippen molar-refractivity contribution in [1.29, 1.82) is 0 Å². The Balaban J connectivity index is 1.89. The molecule has 0 bridgehead atoms. The molecule has 0 amide bonds. The molecule has 4 aromatic rings. The molecular weight excluding hydrogens is 388 g/mol. The number of aryl methyl sites for hydroxylation is 1. The summed E-state index contributed by atoms with van der Waals surface area (Å²) in [6, 6.07) is 21.5. The maximum absolute atomic E-state index is 12.9. The summed E-state index contributed by atoms with van der Waals surface area (Å²) in [6.07, 6.45) is 0.251. The Hall–Kier alpha value is -3.37. The quantitative estimate of drug-likeness (QED) is 0.330. The second kappa shape index (κ2) is 7.94. The predicted molar refractivity (Wildman–Crippen MR) is 113 cm³/mol. The summed E-state index contributed by atoms with van der Waals surface area (Å²) in [5.74, 6) is -0.414. The molecule has 0 atom stereocenters. The number of esters is 1. The number of halogens is 1. The number of carbonyl (C=O) groups is 1. The number of hydrogen-bond donors (Lipinski definition) is 0. The van der Waals surface area contributed by atoms with E-state index in [0.717, 1.165) is 11.1 Å². The second-order valence-corrected chi connectivity index (χ2v) is 7.08. The SMILES string of the molecule is Cc1ccccc1C(=O)Oc1c(Cc2ccccc2)c(=O)oc2cccc(Cl)c12. The van der Waals surface area contributed by atoms with Gasteiger partial charge in [0, 0.05) is 6.42 Å². The van der Waals surface area contributed by atoms with E-state index in [1.54, 1.807) is 30.3 Å². The summed E-state index contributed by atoms with van der Waals surface area (Å²) < 4.78 is 11.2. The van der Waals surface area contributed by atoms with Crippen LogP contribution in [0.3, 0.4) is 0 Å². The van der Waals surface area contributed by atoms with E-state index in [0.29, 0.717) is 16.0 Å². The Labute approximate surface area is 172 Å². The molecule has 0 spiro atoms. The number of ether oxygens (including phenoxy) is 1. The van der Waals surface area contributed by atoms with E-state index in [1.165, 1.54) is 0 Å². The van der Waals surface area contributed by atoms with Crippen LogP contribution < -0.4 is 10.4 Å². The van der Waals surface area contributed by atoms with Gasteiger partial charge in [-0.2, -0.15) is 0 Å². The maximum atomic E-state index is 12.9. The number of carbonyl (C=O) groups excluding carboxylic acids is 1. The van der Waals surface area contributed by atoms with Gasteiger partial charge in [0.05, 0.1) is 21.5 Å². The normalized spacial score (nSPS) is 10.8. The molecule has 0 N–H and O–H groups in total. The summed E-state index contributed by atoms with van der Waals surface area (Å²) in [7, 11) is 0. The van der Waals surface area contributed by atoms with Gasteiger partial charge in [0.2, 0.25) is 0 Å². The third kappa shape index (κ3) is 3.80. The molecule has 4 nitrogen and oxygen atoms in total. The van der Waals surface area contributed by atoms with E-state index in [-0.39, 0.29) is 23.3 Å². The maximum Gasteiger partial charge on any atom is 0.343 e. The average Bonchev–Trinajstić information content (AvgIpc) is 2.71. The lowest BCUT2D eigenvalue weighted by atomic mass is 10.0. The van der Waals surface area contributed by atoms with Gasteiger partial charge in [0.1, 0.15) is 5.58 Å². The first kappa shape index (κ1) is 19.0. The van der Waals surface area contributed by atoms with Crippen LogP contribution in [-0.2, 0) is 6.42 Å². The third-order valence-corrected chi connectivity index (χ3v) is 5.02. The fourth-order valence-corrected chi connectivity index (χ4v) is 3.48. The van der Waals surface area contributed by atoms with Gasteiger partial charge < -0.3 is 9.15 Å². The molecule has 0 fully saturated rings. The van der Waals surface area contributed by atoms with E-state index >= 15 is 0 Å². The molecule has 0 aliphatic heterocycles. The zero-order valence-corrected chi connectivity index (χ0v) is 16.4. The lowest BCUT2D eigenvalue weighted by Gasteiger charge is -2.13. The van der Waals surface area contributed by atoms with Crippen LogP contribution >= 0.6 is 11.6 Å². The molecule has 0 unspecified atom stereocenters. The third-order valence-electron chi connectivity index (χ3n) is 4.71. The van der Waals surface area contributed by atoms with Crippen LogP contribution in [0.5, 0.6) is 5.75 Å². The standard InChI is InChI=1S/C24H17ClO4/c1-15-8-5-6-11-17(15)23(26)29-22-18(14-16-9-3-2-4-10-16)24(27)28-20-13-7-12-19(25)21(20)22/h2-13H,14H2,1H3. The second-order valence-electron chi connectivity index (χ2n) is 6.68. The van der Waals surface area contributed by atoms with Crippen LogP contribution in [0.4, 0.5) is 0 Å². The molecule has 0 saturated carbocycles. The molecular formula is C24H17ClO4. The lowest BCUT2D eigenvalue weighted by molar-refractivity contribution is 0.0734. The monoisotopic (exact) mass is 404 g/mol. The van der Waals surface area contributed by atoms with Crippen molar-refractivity contribution in [2.75, 3.05) is 0 Å². The highest BCUT2D eigenvalue weighted by Gasteiger charge is 2.22. The van der Waals surface area contributed by atoms with E-state index in [1.807, 2.05) is 49.4 Å². The van der Waals surface area contributed by atoms with Gasteiger partial charge in [0.25, 0.3) is 0 Å². The predicted octanol–water partition coefficient (Wildman–Crippen LogP) is 5.56. The number of benzene rings is 3. The van der Waals surface area contributed by atoms with Crippen LogP contribution in [0.1, 0.15) is 27.0 Å². The molecule has 0 aliphatic carbocycles. The molecule has 144 valence electrons. The van der Waals surface area contributed by atoms with Crippen LogP contribution in [0.25, 0.3) is 11.0 Å². The summed E-state index contributed by atoms with van der Waals surface area (Å²) in [5.41, 5.74) is 2.05.